The molecule has 5 aromatic rings. The number of carbonyl (C=O) groups excluding carboxylic acids is 3. The minimum absolute atomic E-state index is 0.239. The lowest BCUT2D eigenvalue weighted by Gasteiger charge is -2.19. The quantitative estimate of drug-likeness (QED) is 0.0326. The molecule has 16 nitrogen and oxygen atoms in total. The van der Waals surface area contributed by atoms with Gasteiger partial charge in [-0.1, -0.05) is 74.5 Å². The Hall–Kier alpha value is -5.65. The molecule has 370 valence electrons. The predicted octanol–water partition coefficient (Wildman–Crippen LogP) is 7.63. The van der Waals surface area contributed by atoms with Crippen LogP contribution in [0.25, 0.3) is 16.9 Å². The minimum Gasteiger partial charge on any atom is -0.476 e. The predicted molar refractivity (Wildman–Crippen MR) is 259 cm³/mol. The molecule has 0 radical (unpaired) electrons. The van der Waals surface area contributed by atoms with Crippen LogP contribution < -0.4 is 10.1 Å². The van der Waals surface area contributed by atoms with Crippen molar-refractivity contribution >= 4 is 24.5 Å². The normalized spacial score (nSPS) is 11.0. The van der Waals surface area contributed by atoms with Crippen LogP contribution in [0.2, 0.25) is 0 Å². The highest BCUT2D eigenvalue weighted by Crippen LogP contribution is 2.29. The first-order valence-corrected chi connectivity index (χ1v) is 22.8. The Morgan fingerprint density at radius 2 is 1.31 bits per heavy atom. The molecular weight excluding hydrogens is 859 g/mol. The number of rotatable bonds is 26. The number of hydrogen-bond donors (Lipinski definition) is 1. The highest BCUT2D eigenvalue weighted by atomic mass is 16.6. The summed E-state index contributed by atoms with van der Waals surface area (Å²) in [6, 6.07) is 24.5. The van der Waals surface area contributed by atoms with Gasteiger partial charge in [0.25, 0.3) is 6.47 Å². The van der Waals surface area contributed by atoms with Crippen LogP contribution >= 0.6 is 0 Å². The van der Waals surface area contributed by atoms with Crippen LogP contribution in [-0.4, -0.2) is 136 Å². The molecule has 0 saturated carbocycles. The molecular formula is C51H75N5O11. The molecule has 3 heterocycles. The average Bonchev–Trinajstić information content (AvgIpc) is 3.93. The number of aromatic nitrogens is 3. The highest BCUT2D eigenvalue weighted by molar-refractivity contribution is 5.70. The molecule has 0 atom stereocenters. The largest absolute Gasteiger partial charge is 0.476 e. The first-order chi connectivity index (χ1) is 32.2. The number of ether oxygens (including phenoxy) is 7. The second-order valence-corrected chi connectivity index (χ2v) is 16.8. The van der Waals surface area contributed by atoms with Crippen LogP contribution in [0.4, 0.5) is 0 Å². The Morgan fingerprint density at radius 1 is 0.716 bits per heavy atom. The van der Waals surface area contributed by atoms with E-state index >= 15 is 0 Å². The van der Waals surface area contributed by atoms with Gasteiger partial charge < -0.3 is 47.8 Å². The number of likely N-dealkylation sites (N-methyl/N-ethyl adjacent to an activating group) is 1. The van der Waals surface area contributed by atoms with Crippen molar-refractivity contribution in [1.82, 2.24) is 24.6 Å². The van der Waals surface area contributed by atoms with Crippen molar-refractivity contribution in [3.8, 4) is 17.1 Å². The maximum absolute atomic E-state index is 11.4. The minimum atomic E-state index is -0.461. The fourth-order valence-corrected chi connectivity index (χ4v) is 5.61. The van der Waals surface area contributed by atoms with E-state index in [2.05, 4.69) is 55.8 Å². The molecule has 0 aliphatic carbocycles. The number of esters is 1. The summed E-state index contributed by atoms with van der Waals surface area (Å²) in [6.07, 6.45) is 5.83. The summed E-state index contributed by atoms with van der Waals surface area (Å²) >= 11 is 0. The van der Waals surface area contributed by atoms with Crippen LogP contribution in [0.15, 0.2) is 89.7 Å². The van der Waals surface area contributed by atoms with E-state index in [0.717, 1.165) is 46.5 Å². The molecule has 0 aliphatic rings. The topological polar surface area (TPSA) is 174 Å². The molecule has 0 unspecified atom stereocenters. The molecule has 2 aromatic carbocycles. The molecule has 0 saturated heterocycles. The molecule has 1 N–H and O–H groups in total. The summed E-state index contributed by atoms with van der Waals surface area (Å²) in [4.78, 5) is 43.2. The van der Waals surface area contributed by atoms with Gasteiger partial charge in [0.2, 0.25) is 12.3 Å². The summed E-state index contributed by atoms with van der Waals surface area (Å²) in [5.41, 5.74) is 4.92. The molecule has 3 aromatic heterocycles. The lowest BCUT2D eigenvalue weighted by atomic mass is 10.1. The first kappa shape index (κ1) is 57.5. The molecule has 5 rings (SSSR count). The number of hydrogen-bond acceptors (Lipinski definition) is 14. The molecule has 0 aliphatic heterocycles. The molecule has 0 fully saturated rings. The van der Waals surface area contributed by atoms with Gasteiger partial charge in [-0.2, -0.15) is 0 Å². The maximum atomic E-state index is 11.4. The monoisotopic (exact) mass is 934 g/mol. The summed E-state index contributed by atoms with van der Waals surface area (Å²) in [5, 5.41) is 2.50. The number of benzene rings is 2. The van der Waals surface area contributed by atoms with E-state index in [4.69, 9.17) is 42.8 Å². The van der Waals surface area contributed by atoms with E-state index in [0.29, 0.717) is 91.7 Å². The number of furan rings is 1. The lowest BCUT2D eigenvalue weighted by Crippen LogP contribution is -2.24. The molecule has 67 heavy (non-hydrogen) atoms. The standard InChI is InChI=1S/C28H28N4O2.C16H31NO7.C5H10O2.C2H6/c1-31(2)15-17-34-28-25(19-23-14-9-16-33-23)30-27-24(18-21-10-5-3-6-11-21)29-26(20-32(27)28)22-12-7-4-8-13-22;1-16(2,3)24-15(19)4-6-20-8-10-22-12-13-23-11-9-21-7-5-17-14-18;1-5(2,3)7-4-6;1-2/h3-14,16,20H,15,17-19H2,1-2H3;14H,4-13H2,1-3H3,(H,17,18);4H,1-3H3;1-2H3. The fraction of sp³-hybridized carbons (Fsp3) is 0.510. The van der Waals surface area contributed by atoms with Crippen molar-refractivity contribution in [3.05, 3.63) is 108 Å². The molecule has 1 amide bonds. The van der Waals surface area contributed by atoms with E-state index in [9.17, 15) is 14.4 Å². The number of nitrogens with zero attached hydrogens (tertiary/aromatic N) is 4. The van der Waals surface area contributed by atoms with Crippen molar-refractivity contribution in [1.29, 1.82) is 0 Å². The van der Waals surface area contributed by atoms with E-state index in [1.54, 1.807) is 6.26 Å². The van der Waals surface area contributed by atoms with Crippen LogP contribution in [0.5, 0.6) is 5.88 Å². The smallest absolute Gasteiger partial charge is 0.308 e. The molecule has 0 spiro atoms. The van der Waals surface area contributed by atoms with E-state index in [1.165, 1.54) is 5.56 Å². The van der Waals surface area contributed by atoms with Gasteiger partial charge in [-0.05, 0) is 73.3 Å². The van der Waals surface area contributed by atoms with Gasteiger partial charge in [-0.3, -0.25) is 18.8 Å². The van der Waals surface area contributed by atoms with Crippen LogP contribution in [0.1, 0.15) is 84.5 Å². The van der Waals surface area contributed by atoms with Crippen molar-refractivity contribution in [2.24, 2.45) is 0 Å². The van der Waals surface area contributed by atoms with Crippen LogP contribution in [-0.2, 0) is 55.6 Å². The third-order valence-corrected chi connectivity index (χ3v) is 8.54. The van der Waals surface area contributed by atoms with E-state index in [-0.39, 0.29) is 18.0 Å². The first-order valence-electron chi connectivity index (χ1n) is 22.8. The van der Waals surface area contributed by atoms with E-state index < -0.39 is 5.60 Å². The molecule has 0 bridgehead atoms. The second kappa shape index (κ2) is 32.9. The highest BCUT2D eigenvalue weighted by Gasteiger charge is 2.21. The van der Waals surface area contributed by atoms with Gasteiger partial charge in [0.15, 0.2) is 5.65 Å². The Labute approximate surface area is 397 Å². The van der Waals surface area contributed by atoms with Gasteiger partial charge in [-0.25, -0.2) is 9.97 Å². The Kier molecular flexibility index (Phi) is 28.2. The van der Waals surface area contributed by atoms with Crippen molar-refractivity contribution < 1.29 is 52.0 Å². The number of amides is 1. The van der Waals surface area contributed by atoms with Gasteiger partial charge in [-0.15, -0.1) is 0 Å². The van der Waals surface area contributed by atoms with Gasteiger partial charge in [0.05, 0.1) is 83.3 Å². The second-order valence-electron chi connectivity index (χ2n) is 16.8. The maximum Gasteiger partial charge on any atom is 0.308 e. The van der Waals surface area contributed by atoms with Crippen molar-refractivity contribution in [2.75, 3.05) is 86.6 Å². The van der Waals surface area contributed by atoms with Crippen LogP contribution in [0, 0.1) is 0 Å². The Morgan fingerprint density at radius 3 is 1.84 bits per heavy atom. The number of imidazole rings is 1. The van der Waals surface area contributed by atoms with Gasteiger partial charge in [0, 0.05) is 31.3 Å². The average molecular weight is 934 g/mol. The van der Waals surface area contributed by atoms with Gasteiger partial charge >= 0.3 is 5.97 Å². The van der Waals surface area contributed by atoms with Crippen molar-refractivity contribution in [3.63, 3.8) is 0 Å². The number of carbonyl (C=O) groups is 3. The Balaban J connectivity index is 0.000000408. The third-order valence-electron chi connectivity index (χ3n) is 8.54. The zero-order valence-electron chi connectivity index (χ0n) is 41.4. The zero-order chi connectivity index (χ0) is 49.3. The van der Waals surface area contributed by atoms with E-state index in [1.807, 2.05) is 112 Å². The SMILES string of the molecule is CC.CC(C)(C)OC(=O)CCOCCOCCOCCOCCNC=O.CC(C)(C)OC=O.CN(C)CCOc1c(Cc2ccco2)nc2c(Cc3ccccc3)nc(-c3ccccc3)cn12. The number of nitrogens with one attached hydrogen (secondary N) is 1. The van der Waals surface area contributed by atoms with Crippen LogP contribution in [0.3, 0.4) is 0 Å². The summed E-state index contributed by atoms with van der Waals surface area (Å²) in [6.45, 7) is 20.9. The fourth-order valence-electron chi connectivity index (χ4n) is 5.61. The lowest BCUT2D eigenvalue weighted by molar-refractivity contribution is -0.156. The zero-order valence-corrected chi connectivity index (χ0v) is 41.4. The summed E-state index contributed by atoms with van der Waals surface area (Å²) in [7, 11) is 4.08. The third kappa shape index (κ3) is 25.7. The summed E-state index contributed by atoms with van der Waals surface area (Å²) in [5.74, 6) is 1.32. The molecule has 16 heteroatoms. The number of fused-ring (bicyclic) bond motifs is 1. The summed E-state index contributed by atoms with van der Waals surface area (Å²) < 4.78 is 44.9. The van der Waals surface area contributed by atoms with Gasteiger partial charge in [0.1, 0.15) is 29.3 Å². The van der Waals surface area contributed by atoms with Crippen molar-refractivity contribution in [2.45, 2.75) is 85.9 Å². The Bertz CT molecular complexity index is 2050.